The SMILES string of the molecule is CC1CNCC(CN(C(=O)OC(C)(C)C)S(C)(=O)=O)N1. The highest BCUT2D eigenvalue weighted by Crippen LogP contribution is 2.13. The van der Waals surface area contributed by atoms with Crippen LogP contribution in [0.5, 0.6) is 0 Å². The molecule has 1 heterocycles. The maximum Gasteiger partial charge on any atom is 0.424 e. The molecule has 20 heavy (non-hydrogen) atoms. The maximum atomic E-state index is 12.0. The smallest absolute Gasteiger partial charge is 0.424 e. The molecule has 0 aromatic carbocycles. The van der Waals surface area contributed by atoms with E-state index in [0.29, 0.717) is 6.54 Å². The summed E-state index contributed by atoms with van der Waals surface area (Å²) in [7, 11) is -3.66. The number of nitrogens with zero attached hydrogens (tertiary/aromatic N) is 1. The molecule has 118 valence electrons. The van der Waals surface area contributed by atoms with Gasteiger partial charge in [-0.25, -0.2) is 17.5 Å². The van der Waals surface area contributed by atoms with Crippen molar-refractivity contribution in [2.45, 2.75) is 45.4 Å². The molecule has 8 heteroatoms. The molecule has 2 atom stereocenters. The van der Waals surface area contributed by atoms with Crippen LogP contribution in [0.4, 0.5) is 4.79 Å². The molecular formula is C12H25N3O4S. The van der Waals surface area contributed by atoms with Gasteiger partial charge in [-0.3, -0.25) is 0 Å². The largest absolute Gasteiger partial charge is 0.443 e. The van der Waals surface area contributed by atoms with Gasteiger partial charge in [-0.05, 0) is 27.7 Å². The van der Waals surface area contributed by atoms with Crippen LogP contribution in [0.25, 0.3) is 0 Å². The number of piperazine rings is 1. The average Bonchev–Trinajstić information content (AvgIpc) is 2.21. The van der Waals surface area contributed by atoms with Crippen LogP contribution in [-0.4, -0.2) is 62.4 Å². The molecular weight excluding hydrogens is 282 g/mol. The second-order valence-electron chi connectivity index (χ2n) is 6.20. The fraction of sp³-hybridized carbons (Fsp3) is 0.917. The Labute approximate surface area is 121 Å². The molecule has 0 bridgehead atoms. The zero-order valence-electron chi connectivity index (χ0n) is 12.8. The highest BCUT2D eigenvalue weighted by Gasteiger charge is 2.32. The number of amides is 1. The van der Waals surface area contributed by atoms with Crippen LogP contribution in [0.2, 0.25) is 0 Å². The summed E-state index contributed by atoms with van der Waals surface area (Å²) in [5, 5.41) is 6.45. The van der Waals surface area contributed by atoms with Crippen LogP contribution in [0, 0.1) is 0 Å². The molecule has 0 aliphatic carbocycles. The van der Waals surface area contributed by atoms with Crippen LogP contribution < -0.4 is 10.6 Å². The van der Waals surface area contributed by atoms with Gasteiger partial charge < -0.3 is 15.4 Å². The molecule has 2 unspecified atom stereocenters. The average molecular weight is 307 g/mol. The van der Waals surface area contributed by atoms with Gasteiger partial charge in [0.15, 0.2) is 0 Å². The summed E-state index contributed by atoms with van der Waals surface area (Å²) in [6.07, 6.45) is 0.177. The number of ether oxygens (including phenoxy) is 1. The van der Waals surface area contributed by atoms with E-state index in [9.17, 15) is 13.2 Å². The predicted octanol–water partition coefficient (Wildman–Crippen LogP) is 0.133. The van der Waals surface area contributed by atoms with Gasteiger partial charge in [0.05, 0.1) is 12.8 Å². The summed E-state index contributed by atoms with van der Waals surface area (Å²) in [5.41, 5.74) is -0.731. The third-order valence-corrected chi connectivity index (χ3v) is 3.84. The summed E-state index contributed by atoms with van der Waals surface area (Å²) in [6.45, 7) is 8.60. The van der Waals surface area contributed by atoms with E-state index in [4.69, 9.17) is 4.74 Å². The molecule has 7 nitrogen and oxygen atoms in total. The van der Waals surface area contributed by atoms with Crippen LogP contribution in [0.1, 0.15) is 27.7 Å². The quantitative estimate of drug-likeness (QED) is 0.771. The van der Waals surface area contributed by atoms with Crippen molar-refractivity contribution >= 4 is 16.1 Å². The summed E-state index contributed by atoms with van der Waals surface area (Å²) in [6, 6.07) is 0.106. The maximum absolute atomic E-state index is 12.0. The zero-order chi connectivity index (χ0) is 15.6. The third-order valence-electron chi connectivity index (χ3n) is 2.75. The molecule has 0 radical (unpaired) electrons. The van der Waals surface area contributed by atoms with Crippen molar-refractivity contribution in [3.8, 4) is 0 Å². The highest BCUT2D eigenvalue weighted by atomic mass is 32.2. The first-order chi connectivity index (χ1) is 8.99. The second kappa shape index (κ2) is 6.28. The summed E-state index contributed by atoms with van der Waals surface area (Å²) in [5.74, 6) is 0. The van der Waals surface area contributed by atoms with Crippen molar-refractivity contribution in [1.29, 1.82) is 0 Å². The Morgan fingerprint density at radius 3 is 2.40 bits per heavy atom. The van der Waals surface area contributed by atoms with Gasteiger partial charge in [-0.1, -0.05) is 0 Å². The van der Waals surface area contributed by atoms with Gasteiger partial charge in [0.2, 0.25) is 10.0 Å². The Kier molecular flexibility index (Phi) is 5.39. The predicted molar refractivity (Wildman–Crippen MR) is 77.0 cm³/mol. The Hall–Kier alpha value is -0.860. The molecule has 1 rings (SSSR count). The zero-order valence-corrected chi connectivity index (χ0v) is 13.6. The molecule has 1 saturated heterocycles. The monoisotopic (exact) mass is 307 g/mol. The van der Waals surface area contributed by atoms with E-state index >= 15 is 0 Å². The van der Waals surface area contributed by atoms with Gasteiger partial charge >= 0.3 is 6.09 Å². The number of carbonyl (C=O) groups is 1. The minimum atomic E-state index is -3.66. The van der Waals surface area contributed by atoms with E-state index < -0.39 is 21.7 Å². The lowest BCUT2D eigenvalue weighted by atomic mass is 10.1. The number of sulfonamides is 1. The van der Waals surface area contributed by atoms with Gasteiger partial charge in [0, 0.05) is 25.2 Å². The van der Waals surface area contributed by atoms with Gasteiger partial charge in [0.1, 0.15) is 5.60 Å². The number of rotatable bonds is 3. The van der Waals surface area contributed by atoms with Crippen LogP contribution in [-0.2, 0) is 14.8 Å². The van der Waals surface area contributed by atoms with Gasteiger partial charge in [-0.15, -0.1) is 0 Å². The van der Waals surface area contributed by atoms with Crippen molar-refractivity contribution in [2.24, 2.45) is 0 Å². The first kappa shape index (κ1) is 17.2. The fourth-order valence-corrected chi connectivity index (χ4v) is 2.73. The summed E-state index contributed by atoms with van der Waals surface area (Å²) < 4.78 is 29.5. The molecule has 2 N–H and O–H groups in total. The van der Waals surface area contributed by atoms with Gasteiger partial charge in [-0.2, -0.15) is 0 Å². The first-order valence-corrected chi connectivity index (χ1v) is 8.51. The van der Waals surface area contributed by atoms with E-state index in [1.165, 1.54) is 0 Å². The van der Waals surface area contributed by atoms with E-state index in [1.54, 1.807) is 20.8 Å². The lowest BCUT2D eigenvalue weighted by Gasteiger charge is -2.33. The summed E-state index contributed by atoms with van der Waals surface area (Å²) >= 11 is 0. The molecule has 1 aliphatic rings. The highest BCUT2D eigenvalue weighted by molar-refractivity contribution is 7.88. The van der Waals surface area contributed by atoms with Crippen molar-refractivity contribution in [3.05, 3.63) is 0 Å². The molecule has 0 aromatic rings. The Morgan fingerprint density at radius 1 is 1.35 bits per heavy atom. The van der Waals surface area contributed by atoms with Crippen molar-refractivity contribution in [2.75, 3.05) is 25.9 Å². The molecule has 0 aromatic heterocycles. The van der Waals surface area contributed by atoms with Crippen LogP contribution >= 0.6 is 0 Å². The minimum absolute atomic E-state index is 0.0606. The van der Waals surface area contributed by atoms with Gasteiger partial charge in [0.25, 0.3) is 0 Å². The standard InChI is InChI=1S/C12H25N3O4S/c1-9-6-13-7-10(14-9)8-15(20(5,17)18)11(16)19-12(2,3)4/h9-10,13-14H,6-8H2,1-5H3. The van der Waals surface area contributed by atoms with Crippen molar-refractivity contribution in [3.63, 3.8) is 0 Å². The summed E-state index contributed by atoms with van der Waals surface area (Å²) in [4.78, 5) is 12.0. The lowest BCUT2D eigenvalue weighted by Crippen LogP contribution is -2.58. The molecule has 1 aliphatic heterocycles. The number of hydrogen-bond acceptors (Lipinski definition) is 6. The number of hydrogen-bond donors (Lipinski definition) is 2. The van der Waals surface area contributed by atoms with Crippen LogP contribution in [0.3, 0.4) is 0 Å². The molecule has 1 fully saturated rings. The van der Waals surface area contributed by atoms with Crippen molar-refractivity contribution < 1.29 is 17.9 Å². The first-order valence-electron chi connectivity index (χ1n) is 6.66. The second-order valence-corrected chi connectivity index (χ2v) is 8.10. The minimum Gasteiger partial charge on any atom is -0.443 e. The fourth-order valence-electron chi connectivity index (χ4n) is 1.97. The number of carbonyl (C=O) groups excluding carboxylic acids is 1. The van der Waals surface area contributed by atoms with E-state index in [2.05, 4.69) is 10.6 Å². The van der Waals surface area contributed by atoms with Crippen molar-refractivity contribution in [1.82, 2.24) is 14.9 Å². The topological polar surface area (TPSA) is 87.7 Å². The molecule has 0 spiro atoms. The molecule has 1 amide bonds. The third kappa shape index (κ3) is 5.64. The number of nitrogens with one attached hydrogen (secondary N) is 2. The van der Waals surface area contributed by atoms with E-state index in [0.717, 1.165) is 17.1 Å². The molecule has 0 saturated carbocycles. The van der Waals surface area contributed by atoms with Crippen LogP contribution in [0.15, 0.2) is 0 Å². The van der Waals surface area contributed by atoms with E-state index in [-0.39, 0.29) is 18.6 Å². The van der Waals surface area contributed by atoms with E-state index in [1.807, 2.05) is 6.92 Å². The normalized spacial score (nSPS) is 24.2. The Morgan fingerprint density at radius 2 is 1.95 bits per heavy atom. The lowest BCUT2D eigenvalue weighted by molar-refractivity contribution is 0.0376. The Balaban J connectivity index is 2.78. The Bertz CT molecular complexity index is 444.